The van der Waals surface area contributed by atoms with Gasteiger partial charge in [-0.15, -0.1) is 0 Å². The Balaban J connectivity index is 1.47. The summed E-state index contributed by atoms with van der Waals surface area (Å²) in [5.41, 5.74) is 1.73. The van der Waals surface area contributed by atoms with Crippen molar-refractivity contribution in [3.63, 3.8) is 0 Å². The van der Waals surface area contributed by atoms with Gasteiger partial charge in [-0.3, -0.25) is 0 Å². The molecule has 0 atom stereocenters. The molecule has 23 heavy (non-hydrogen) atoms. The molecule has 126 valence electrons. The van der Waals surface area contributed by atoms with E-state index in [-0.39, 0.29) is 17.2 Å². The lowest BCUT2D eigenvalue weighted by Gasteiger charge is -2.46. The monoisotopic (exact) mass is 318 g/mol. The lowest BCUT2D eigenvalue weighted by atomic mass is 9.81. The third kappa shape index (κ3) is 4.24. The lowest BCUT2D eigenvalue weighted by Crippen LogP contribution is -2.59. The van der Waals surface area contributed by atoms with Crippen molar-refractivity contribution in [2.75, 3.05) is 13.2 Å². The summed E-state index contributed by atoms with van der Waals surface area (Å²) in [5.74, 6) is 0. The van der Waals surface area contributed by atoms with Crippen molar-refractivity contribution in [2.45, 2.75) is 57.7 Å². The predicted octanol–water partition coefficient (Wildman–Crippen LogP) is 3.53. The number of hydrogen-bond acceptors (Lipinski definition) is 5. The summed E-state index contributed by atoms with van der Waals surface area (Å²) in [6.07, 6.45) is 2.55. The van der Waals surface area contributed by atoms with Crippen LogP contribution in [0.3, 0.4) is 0 Å². The van der Waals surface area contributed by atoms with Crippen molar-refractivity contribution in [3.8, 4) is 6.08 Å². The third-order valence-electron chi connectivity index (χ3n) is 4.09. The van der Waals surface area contributed by atoms with Gasteiger partial charge in [-0.2, -0.15) is 4.98 Å². The van der Waals surface area contributed by atoms with Crippen molar-refractivity contribution < 1.29 is 13.9 Å². The maximum atomic E-state index is 6.02. The van der Waals surface area contributed by atoms with Crippen molar-refractivity contribution in [1.29, 1.82) is 0 Å². The molecule has 2 heterocycles. The van der Waals surface area contributed by atoms with Gasteiger partial charge in [0.2, 0.25) is 0 Å². The van der Waals surface area contributed by atoms with E-state index in [9.17, 15) is 0 Å². The Morgan fingerprint density at radius 3 is 2.52 bits per heavy atom. The molecule has 1 aromatic carbocycles. The van der Waals surface area contributed by atoms with E-state index in [1.807, 2.05) is 24.3 Å². The Bertz CT molecular complexity index is 614. The highest BCUT2D eigenvalue weighted by Crippen LogP contribution is 2.30. The molecule has 1 aliphatic heterocycles. The number of benzene rings is 1. The first kappa shape index (κ1) is 16.3. The minimum atomic E-state index is 0.0908. The maximum absolute atomic E-state index is 6.02. The number of nitrogens with one attached hydrogen (secondary N) is 1. The number of oxazole rings is 1. The summed E-state index contributed by atoms with van der Waals surface area (Å²) in [6.45, 7) is 9.86. The number of aromatic nitrogens is 1. The zero-order chi connectivity index (χ0) is 16.5. The fourth-order valence-electron chi connectivity index (χ4n) is 3.60. The van der Waals surface area contributed by atoms with Gasteiger partial charge in [-0.25, -0.2) is 0 Å². The number of fused-ring (bicyclic) bond motifs is 1. The summed E-state index contributed by atoms with van der Waals surface area (Å²) in [7, 11) is 0. The molecular formula is C18H26N2O3. The average Bonchev–Trinajstić information content (AvgIpc) is 2.83. The number of nitrogens with zero attached hydrogens (tertiary/aromatic N) is 1. The summed E-state index contributed by atoms with van der Waals surface area (Å²) < 4.78 is 17.1. The molecular weight excluding hydrogens is 292 g/mol. The van der Waals surface area contributed by atoms with Crippen molar-refractivity contribution >= 4 is 11.1 Å². The van der Waals surface area contributed by atoms with E-state index in [1.54, 1.807) is 0 Å². The second-order valence-electron chi connectivity index (χ2n) is 7.59. The maximum Gasteiger partial charge on any atom is 0.394 e. The van der Waals surface area contributed by atoms with E-state index in [0.717, 1.165) is 23.9 Å². The average molecular weight is 318 g/mol. The normalized spacial score (nSPS) is 20.7. The van der Waals surface area contributed by atoms with Crippen LogP contribution in [0.2, 0.25) is 0 Å². The predicted molar refractivity (Wildman–Crippen MR) is 89.8 cm³/mol. The van der Waals surface area contributed by atoms with Crippen LogP contribution in [0.25, 0.3) is 11.1 Å². The molecule has 1 fully saturated rings. The van der Waals surface area contributed by atoms with Crippen molar-refractivity contribution in [1.82, 2.24) is 10.3 Å². The van der Waals surface area contributed by atoms with E-state index in [0.29, 0.717) is 19.3 Å². The first-order valence-corrected chi connectivity index (χ1v) is 8.22. The Hall–Kier alpha value is -1.59. The molecule has 1 aromatic heterocycles. The molecule has 1 saturated heterocycles. The lowest BCUT2D eigenvalue weighted by molar-refractivity contribution is -0.0326. The number of para-hydroxylation sites is 2. The van der Waals surface area contributed by atoms with E-state index >= 15 is 0 Å². The highest BCUT2D eigenvalue weighted by atomic mass is 16.6. The quantitative estimate of drug-likeness (QED) is 0.855. The van der Waals surface area contributed by atoms with Crippen LogP contribution in [0.15, 0.2) is 28.7 Å². The molecule has 1 N–H and O–H groups in total. The van der Waals surface area contributed by atoms with Crippen LogP contribution >= 0.6 is 0 Å². The van der Waals surface area contributed by atoms with Crippen LogP contribution in [0.5, 0.6) is 6.08 Å². The minimum Gasteiger partial charge on any atom is -0.448 e. The van der Waals surface area contributed by atoms with Crippen LogP contribution in [0, 0.1) is 0 Å². The SMILES string of the molecule is CC1(C)CC(OCCOc2nc3ccccc3o2)CC(C)(C)N1. The zero-order valence-corrected chi connectivity index (χ0v) is 14.4. The molecule has 3 rings (SSSR count). The van der Waals surface area contributed by atoms with E-state index in [2.05, 4.69) is 38.0 Å². The Labute approximate surface area is 137 Å². The fraction of sp³-hybridized carbons (Fsp3) is 0.611. The van der Waals surface area contributed by atoms with Gasteiger partial charge in [0, 0.05) is 11.1 Å². The van der Waals surface area contributed by atoms with E-state index in [4.69, 9.17) is 13.9 Å². The number of piperidine rings is 1. The Kier molecular flexibility index (Phi) is 4.34. The van der Waals surface area contributed by atoms with Gasteiger partial charge in [0.05, 0.1) is 12.7 Å². The van der Waals surface area contributed by atoms with Crippen molar-refractivity contribution in [3.05, 3.63) is 24.3 Å². The van der Waals surface area contributed by atoms with Crippen LogP contribution in [0.4, 0.5) is 0 Å². The first-order chi connectivity index (χ1) is 10.8. The smallest absolute Gasteiger partial charge is 0.394 e. The van der Waals surface area contributed by atoms with Gasteiger partial charge >= 0.3 is 6.08 Å². The second-order valence-corrected chi connectivity index (χ2v) is 7.59. The number of rotatable bonds is 5. The summed E-state index contributed by atoms with van der Waals surface area (Å²) in [4.78, 5) is 4.29. The molecule has 0 spiro atoms. The van der Waals surface area contributed by atoms with Crippen molar-refractivity contribution in [2.24, 2.45) is 0 Å². The van der Waals surface area contributed by atoms with Gasteiger partial charge < -0.3 is 19.2 Å². The second kappa shape index (κ2) is 6.13. The highest BCUT2D eigenvalue weighted by Gasteiger charge is 2.37. The van der Waals surface area contributed by atoms with Gasteiger partial charge in [-0.1, -0.05) is 12.1 Å². The summed E-state index contributed by atoms with van der Waals surface area (Å²) in [5, 5.41) is 3.66. The van der Waals surface area contributed by atoms with Gasteiger partial charge in [0.1, 0.15) is 12.1 Å². The molecule has 5 nitrogen and oxygen atoms in total. The van der Waals surface area contributed by atoms with E-state index in [1.165, 1.54) is 0 Å². The number of ether oxygens (including phenoxy) is 2. The van der Waals surface area contributed by atoms with E-state index < -0.39 is 0 Å². The molecule has 5 heteroatoms. The Morgan fingerprint density at radius 2 is 1.83 bits per heavy atom. The zero-order valence-electron chi connectivity index (χ0n) is 14.4. The standard InChI is InChI=1S/C18H26N2O3/c1-17(2)11-13(12-18(3,4)20-17)21-9-10-22-16-19-14-7-5-6-8-15(14)23-16/h5-8,13,20H,9-12H2,1-4H3. The largest absolute Gasteiger partial charge is 0.448 e. The minimum absolute atomic E-state index is 0.0908. The van der Waals surface area contributed by atoms with Gasteiger partial charge in [0.15, 0.2) is 5.58 Å². The van der Waals surface area contributed by atoms with Crippen LogP contribution < -0.4 is 10.1 Å². The van der Waals surface area contributed by atoms with Gasteiger partial charge in [-0.05, 0) is 52.7 Å². The highest BCUT2D eigenvalue weighted by molar-refractivity contribution is 5.72. The first-order valence-electron chi connectivity index (χ1n) is 8.22. The molecule has 0 bridgehead atoms. The third-order valence-corrected chi connectivity index (χ3v) is 4.09. The molecule has 0 unspecified atom stereocenters. The van der Waals surface area contributed by atoms with Crippen LogP contribution in [0.1, 0.15) is 40.5 Å². The number of hydrogen-bond donors (Lipinski definition) is 1. The molecule has 0 saturated carbocycles. The summed E-state index contributed by atoms with van der Waals surface area (Å²) >= 11 is 0. The molecule has 0 radical (unpaired) electrons. The van der Waals surface area contributed by atoms with Gasteiger partial charge in [0.25, 0.3) is 0 Å². The fourth-order valence-corrected chi connectivity index (χ4v) is 3.60. The topological polar surface area (TPSA) is 56.5 Å². The molecule has 2 aromatic rings. The van der Waals surface area contributed by atoms with Crippen LogP contribution in [-0.2, 0) is 4.74 Å². The molecule has 0 aliphatic carbocycles. The summed E-state index contributed by atoms with van der Waals surface area (Å²) in [6, 6.07) is 7.63. The molecule has 1 aliphatic rings. The Morgan fingerprint density at radius 1 is 1.13 bits per heavy atom. The van der Waals surface area contributed by atoms with Crippen LogP contribution in [-0.4, -0.2) is 35.4 Å². The molecule has 0 amide bonds.